The quantitative estimate of drug-likeness (QED) is 0.655. The van der Waals surface area contributed by atoms with E-state index >= 15 is 0 Å². The molecule has 1 unspecified atom stereocenters. The topological polar surface area (TPSA) is 29.5 Å². The third-order valence-corrected chi connectivity index (χ3v) is 3.43. The average molecular weight is 265 g/mol. The molecule has 0 bridgehead atoms. The van der Waals surface area contributed by atoms with E-state index < -0.39 is 0 Å². The molecule has 98 valence electrons. The first kappa shape index (κ1) is 13.3. The summed E-state index contributed by atoms with van der Waals surface area (Å²) in [6.45, 7) is 2.57. The summed E-state index contributed by atoms with van der Waals surface area (Å²) >= 11 is 4.20. The van der Waals surface area contributed by atoms with Gasteiger partial charge in [0.05, 0.1) is 5.69 Å². The number of carbonyl (C=O) groups excluding carboxylic acids is 1. The summed E-state index contributed by atoms with van der Waals surface area (Å²) in [6, 6.07) is 7.73. The first-order valence-electron chi connectivity index (χ1n) is 6.42. The summed E-state index contributed by atoms with van der Waals surface area (Å²) in [5.74, 6) is 1.77. The molecule has 0 radical (unpaired) electrons. The van der Waals surface area contributed by atoms with Crippen molar-refractivity contribution in [2.24, 2.45) is 0 Å². The van der Waals surface area contributed by atoms with Gasteiger partial charge in [-0.1, -0.05) is 18.6 Å². The van der Waals surface area contributed by atoms with E-state index in [0.717, 1.165) is 43.0 Å². The molecule has 4 heteroatoms. The molecule has 1 aromatic rings. The van der Waals surface area contributed by atoms with Crippen LogP contribution in [-0.2, 0) is 4.79 Å². The van der Waals surface area contributed by atoms with Gasteiger partial charge >= 0.3 is 0 Å². The number of unbranched alkanes of at least 4 members (excludes halogenated alkanes) is 2. The Hall–Kier alpha value is -1.16. The molecule has 2 rings (SSSR count). The first-order chi connectivity index (χ1) is 8.74. The Kier molecular flexibility index (Phi) is 4.53. The van der Waals surface area contributed by atoms with E-state index in [9.17, 15) is 4.79 Å². The van der Waals surface area contributed by atoms with Crippen molar-refractivity contribution in [1.29, 1.82) is 0 Å². The lowest BCUT2D eigenvalue weighted by molar-refractivity contribution is -0.125. The Balaban J connectivity index is 2.09. The van der Waals surface area contributed by atoms with Crippen LogP contribution in [-0.4, -0.2) is 24.3 Å². The second-order valence-electron chi connectivity index (χ2n) is 4.50. The molecule has 18 heavy (non-hydrogen) atoms. The van der Waals surface area contributed by atoms with E-state index in [-0.39, 0.29) is 12.0 Å². The maximum Gasteiger partial charge on any atom is 0.267 e. The standard InChI is InChI=1S/C14H19NO2S/c1-11-14(16)15(9-5-2-6-10-18)12-7-3-4-8-13(12)17-11/h3-4,7-8,11,18H,2,5-6,9-10H2,1H3. The third kappa shape index (κ3) is 2.80. The van der Waals surface area contributed by atoms with E-state index in [4.69, 9.17) is 4.74 Å². The van der Waals surface area contributed by atoms with Crippen LogP contribution in [0.1, 0.15) is 26.2 Å². The molecule has 0 saturated heterocycles. The number of anilines is 1. The maximum atomic E-state index is 12.1. The van der Waals surface area contributed by atoms with Crippen LogP contribution in [0, 0.1) is 0 Å². The fourth-order valence-corrected chi connectivity index (χ4v) is 2.37. The number of nitrogens with zero attached hydrogens (tertiary/aromatic N) is 1. The highest BCUT2D eigenvalue weighted by Crippen LogP contribution is 2.33. The number of fused-ring (bicyclic) bond motifs is 1. The van der Waals surface area contributed by atoms with Crippen LogP contribution < -0.4 is 9.64 Å². The molecule has 1 amide bonds. The second kappa shape index (κ2) is 6.14. The SMILES string of the molecule is CC1Oc2ccccc2N(CCCCCS)C1=O. The summed E-state index contributed by atoms with van der Waals surface area (Å²) in [5, 5.41) is 0. The molecule has 1 aromatic carbocycles. The number of benzene rings is 1. The Bertz CT molecular complexity index is 422. The second-order valence-corrected chi connectivity index (χ2v) is 4.95. The minimum atomic E-state index is -0.384. The van der Waals surface area contributed by atoms with E-state index in [1.807, 2.05) is 29.2 Å². The highest BCUT2D eigenvalue weighted by atomic mass is 32.1. The molecule has 1 atom stereocenters. The monoisotopic (exact) mass is 265 g/mol. The lowest BCUT2D eigenvalue weighted by Gasteiger charge is -2.33. The molecule has 0 fully saturated rings. The lowest BCUT2D eigenvalue weighted by atomic mass is 10.1. The normalized spacial score (nSPS) is 18.4. The van der Waals surface area contributed by atoms with Crippen LogP contribution in [0.15, 0.2) is 24.3 Å². The van der Waals surface area contributed by atoms with Gasteiger partial charge in [-0.3, -0.25) is 4.79 Å². The fourth-order valence-electron chi connectivity index (χ4n) is 2.15. The predicted molar refractivity (Wildman–Crippen MR) is 76.6 cm³/mol. The molecule has 1 aliphatic heterocycles. The molecular weight excluding hydrogens is 246 g/mol. The minimum absolute atomic E-state index is 0.0552. The Morgan fingerprint density at radius 2 is 2.06 bits per heavy atom. The smallest absolute Gasteiger partial charge is 0.267 e. The van der Waals surface area contributed by atoms with Crippen molar-refractivity contribution in [2.45, 2.75) is 32.3 Å². The molecule has 3 nitrogen and oxygen atoms in total. The van der Waals surface area contributed by atoms with Gasteiger partial charge in [0.25, 0.3) is 5.91 Å². The lowest BCUT2D eigenvalue weighted by Crippen LogP contribution is -2.44. The molecular formula is C14H19NO2S. The third-order valence-electron chi connectivity index (χ3n) is 3.11. The molecule has 0 aromatic heterocycles. The Labute approximate surface area is 114 Å². The van der Waals surface area contributed by atoms with Gasteiger partial charge in [0, 0.05) is 6.54 Å². The van der Waals surface area contributed by atoms with Crippen molar-refractivity contribution in [2.75, 3.05) is 17.2 Å². The number of carbonyl (C=O) groups is 1. The fraction of sp³-hybridized carbons (Fsp3) is 0.500. The molecule has 0 aliphatic carbocycles. The van der Waals surface area contributed by atoms with Crippen LogP contribution in [0.4, 0.5) is 5.69 Å². The minimum Gasteiger partial charge on any atom is -0.479 e. The van der Waals surface area contributed by atoms with Crippen molar-refractivity contribution in [3.63, 3.8) is 0 Å². The molecule has 0 saturated carbocycles. The molecule has 0 spiro atoms. The van der Waals surface area contributed by atoms with Crippen molar-refractivity contribution in [1.82, 2.24) is 0 Å². The zero-order chi connectivity index (χ0) is 13.0. The van der Waals surface area contributed by atoms with Crippen molar-refractivity contribution in [3.05, 3.63) is 24.3 Å². The van der Waals surface area contributed by atoms with E-state index in [0.29, 0.717) is 0 Å². The maximum absolute atomic E-state index is 12.1. The van der Waals surface area contributed by atoms with Gasteiger partial charge in [-0.15, -0.1) is 0 Å². The van der Waals surface area contributed by atoms with Crippen LogP contribution in [0.3, 0.4) is 0 Å². The van der Waals surface area contributed by atoms with Gasteiger partial charge in [-0.05, 0) is 37.7 Å². The van der Waals surface area contributed by atoms with Crippen LogP contribution in [0.5, 0.6) is 5.75 Å². The summed E-state index contributed by atoms with van der Waals surface area (Å²) < 4.78 is 5.60. The van der Waals surface area contributed by atoms with Crippen molar-refractivity contribution >= 4 is 24.2 Å². The van der Waals surface area contributed by atoms with Gasteiger partial charge in [0.2, 0.25) is 0 Å². The predicted octanol–water partition coefficient (Wildman–Crippen LogP) is 2.90. The number of thiol groups is 1. The average Bonchev–Trinajstić information content (AvgIpc) is 2.38. The summed E-state index contributed by atoms with van der Waals surface area (Å²) in [4.78, 5) is 14.0. The Morgan fingerprint density at radius 1 is 1.28 bits per heavy atom. The van der Waals surface area contributed by atoms with Crippen LogP contribution in [0.2, 0.25) is 0 Å². The van der Waals surface area contributed by atoms with Gasteiger partial charge in [-0.25, -0.2) is 0 Å². The first-order valence-corrected chi connectivity index (χ1v) is 7.05. The van der Waals surface area contributed by atoms with Crippen molar-refractivity contribution < 1.29 is 9.53 Å². The summed E-state index contributed by atoms with van der Waals surface area (Å²) in [6.07, 6.45) is 2.82. The zero-order valence-electron chi connectivity index (χ0n) is 10.6. The van der Waals surface area contributed by atoms with E-state index in [2.05, 4.69) is 12.6 Å². The van der Waals surface area contributed by atoms with E-state index in [1.165, 1.54) is 0 Å². The molecule has 0 N–H and O–H groups in total. The number of rotatable bonds is 5. The summed E-state index contributed by atoms with van der Waals surface area (Å²) in [7, 11) is 0. The number of ether oxygens (including phenoxy) is 1. The van der Waals surface area contributed by atoms with Crippen LogP contribution in [0.25, 0.3) is 0 Å². The highest BCUT2D eigenvalue weighted by Gasteiger charge is 2.30. The number of hydrogen-bond acceptors (Lipinski definition) is 3. The number of hydrogen-bond donors (Lipinski definition) is 1. The van der Waals surface area contributed by atoms with Gasteiger partial charge in [0.15, 0.2) is 6.10 Å². The van der Waals surface area contributed by atoms with Gasteiger partial charge in [0.1, 0.15) is 5.75 Å². The van der Waals surface area contributed by atoms with Crippen LogP contribution >= 0.6 is 12.6 Å². The molecule has 1 aliphatic rings. The van der Waals surface area contributed by atoms with Gasteiger partial charge < -0.3 is 9.64 Å². The van der Waals surface area contributed by atoms with Gasteiger partial charge in [-0.2, -0.15) is 12.6 Å². The molecule has 1 heterocycles. The summed E-state index contributed by atoms with van der Waals surface area (Å²) in [5.41, 5.74) is 0.895. The number of amides is 1. The van der Waals surface area contributed by atoms with Crippen molar-refractivity contribution in [3.8, 4) is 5.75 Å². The zero-order valence-corrected chi connectivity index (χ0v) is 11.5. The van der Waals surface area contributed by atoms with E-state index in [1.54, 1.807) is 6.92 Å². The largest absolute Gasteiger partial charge is 0.479 e. The highest BCUT2D eigenvalue weighted by molar-refractivity contribution is 7.80. The Morgan fingerprint density at radius 3 is 2.83 bits per heavy atom. The number of para-hydroxylation sites is 2.